The van der Waals surface area contributed by atoms with E-state index in [4.69, 9.17) is 4.74 Å². The number of ether oxygens (including phenoxy) is 1. The number of carbonyl (C=O) groups excluding carboxylic acids is 1. The van der Waals surface area contributed by atoms with Crippen LogP contribution in [0.25, 0.3) is 0 Å². The van der Waals surface area contributed by atoms with Crippen LogP contribution in [0.5, 0.6) is 0 Å². The quantitative estimate of drug-likeness (QED) is 0.901. The topological polar surface area (TPSA) is 75.7 Å². The Kier molecular flexibility index (Phi) is 4.42. The van der Waals surface area contributed by atoms with E-state index in [1.54, 1.807) is 12.1 Å². The highest BCUT2D eigenvalue weighted by Crippen LogP contribution is 2.19. The molecule has 1 atom stereocenters. The highest BCUT2D eigenvalue weighted by Gasteiger charge is 2.24. The third-order valence-electron chi connectivity index (χ3n) is 3.10. The Bertz CT molecular complexity index is 592. The van der Waals surface area contributed by atoms with Gasteiger partial charge in [-0.25, -0.2) is 12.7 Å². The van der Waals surface area contributed by atoms with Crippen molar-refractivity contribution in [2.45, 2.75) is 23.8 Å². The van der Waals surface area contributed by atoms with Crippen molar-refractivity contribution >= 4 is 21.6 Å². The Balaban J connectivity index is 2.16. The van der Waals surface area contributed by atoms with E-state index in [0.717, 1.165) is 10.7 Å². The van der Waals surface area contributed by atoms with Crippen molar-refractivity contribution in [2.75, 3.05) is 26.0 Å². The molecule has 1 unspecified atom stereocenters. The SMILES string of the molecule is CN(C)S(=O)(=O)c1cccc(NC(=O)C2CCCO2)c1. The zero-order valence-electron chi connectivity index (χ0n) is 11.5. The molecule has 1 aliphatic heterocycles. The minimum atomic E-state index is -3.50. The van der Waals surface area contributed by atoms with Gasteiger partial charge in [-0.2, -0.15) is 0 Å². The Hall–Kier alpha value is -1.44. The highest BCUT2D eigenvalue weighted by molar-refractivity contribution is 7.89. The summed E-state index contributed by atoms with van der Waals surface area (Å²) < 4.78 is 30.4. The Labute approximate surface area is 118 Å². The molecule has 0 radical (unpaired) electrons. The Morgan fingerprint density at radius 1 is 1.40 bits per heavy atom. The van der Waals surface area contributed by atoms with Crippen LogP contribution >= 0.6 is 0 Å². The number of sulfonamides is 1. The third-order valence-corrected chi connectivity index (χ3v) is 4.91. The lowest BCUT2D eigenvalue weighted by atomic mass is 10.2. The van der Waals surface area contributed by atoms with Gasteiger partial charge in [0.15, 0.2) is 0 Å². The van der Waals surface area contributed by atoms with Crippen LogP contribution in [0.4, 0.5) is 5.69 Å². The van der Waals surface area contributed by atoms with E-state index >= 15 is 0 Å². The fraction of sp³-hybridized carbons (Fsp3) is 0.462. The van der Waals surface area contributed by atoms with E-state index in [2.05, 4.69) is 5.32 Å². The average Bonchev–Trinajstić information content (AvgIpc) is 2.92. The molecule has 1 aromatic rings. The predicted molar refractivity (Wildman–Crippen MR) is 74.9 cm³/mol. The molecule has 7 heteroatoms. The maximum absolute atomic E-state index is 12.0. The molecule has 1 amide bonds. The van der Waals surface area contributed by atoms with Gasteiger partial charge in [-0.05, 0) is 31.0 Å². The number of nitrogens with one attached hydrogen (secondary N) is 1. The van der Waals surface area contributed by atoms with Gasteiger partial charge in [0.2, 0.25) is 10.0 Å². The number of rotatable bonds is 4. The summed E-state index contributed by atoms with van der Waals surface area (Å²) in [5.74, 6) is -0.234. The van der Waals surface area contributed by atoms with Crippen LogP contribution in [0.2, 0.25) is 0 Å². The highest BCUT2D eigenvalue weighted by atomic mass is 32.2. The van der Waals surface area contributed by atoms with Crippen molar-refractivity contribution in [1.82, 2.24) is 4.31 Å². The monoisotopic (exact) mass is 298 g/mol. The number of benzene rings is 1. The number of carbonyl (C=O) groups is 1. The van der Waals surface area contributed by atoms with Crippen LogP contribution in [0.15, 0.2) is 29.2 Å². The van der Waals surface area contributed by atoms with Crippen LogP contribution in [-0.4, -0.2) is 45.4 Å². The van der Waals surface area contributed by atoms with Crippen LogP contribution in [0.1, 0.15) is 12.8 Å². The standard InChI is InChI=1S/C13H18N2O4S/c1-15(2)20(17,18)11-6-3-5-10(9-11)14-13(16)12-7-4-8-19-12/h3,5-6,9,12H,4,7-8H2,1-2H3,(H,14,16). The maximum Gasteiger partial charge on any atom is 0.253 e. The smallest absolute Gasteiger partial charge is 0.253 e. The second kappa shape index (κ2) is 5.90. The maximum atomic E-state index is 12.0. The molecule has 0 saturated carbocycles. The second-order valence-corrected chi connectivity index (χ2v) is 6.96. The Morgan fingerprint density at radius 3 is 2.75 bits per heavy atom. The lowest BCUT2D eigenvalue weighted by molar-refractivity contribution is -0.124. The van der Waals surface area contributed by atoms with Crippen LogP contribution < -0.4 is 5.32 Å². The van der Waals surface area contributed by atoms with E-state index < -0.39 is 16.1 Å². The number of anilines is 1. The van der Waals surface area contributed by atoms with Crippen molar-refractivity contribution in [3.05, 3.63) is 24.3 Å². The van der Waals surface area contributed by atoms with Crippen molar-refractivity contribution in [3.63, 3.8) is 0 Å². The van der Waals surface area contributed by atoms with E-state index in [1.807, 2.05) is 0 Å². The summed E-state index contributed by atoms with van der Waals surface area (Å²) >= 11 is 0. The molecule has 1 aliphatic rings. The van der Waals surface area contributed by atoms with Gasteiger partial charge in [-0.15, -0.1) is 0 Å². The summed E-state index contributed by atoms with van der Waals surface area (Å²) in [6.45, 7) is 0.590. The van der Waals surface area contributed by atoms with Gasteiger partial charge in [0.25, 0.3) is 5.91 Å². The minimum Gasteiger partial charge on any atom is -0.368 e. The largest absolute Gasteiger partial charge is 0.368 e. The lowest BCUT2D eigenvalue weighted by Gasteiger charge is -2.14. The van der Waals surface area contributed by atoms with Crippen molar-refractivity contribution in [3.8, 4) is 0 Å². The second-order valence-electron chi connectivity index (χ2n) is 4.81. The molecule has 0 aliphatic carbocycles. The van der Waals surface area contributed by atoms with E-state index in [0.29, 0.717) is 18.7 Å². The van der Waals surface area contributed by atoms with Crippen LogP contribution in [-0.2, 0) is 19.6 Å². The summed E-state index contributed by atoms with van der Waals surface area (Å²) in [4.78, 5) is 12.1. The van der Waals surface area contributed by atoms with E-state index in [1.165, 1.54) is 26.2 Å². The van der Waals surface area contributed by atoms with E-state index in [-0.39, 0.29) is 10.8 Å². The van der Waals surface area contributed by atoms with Gasteiger partial charge in [0.05, 0.1) is 4.90 Å². The van der Waals surface area contributed by atoms with Gasteiger partial charge in [0.1, 0.15) is 6.10 Å². The summed E-state index contributed by atoms with van der Waals surface area (Å²) in [6.07, 6.45) is 1.12. The van der Waals surface area contributed by atoms with Crippen molar-refractivity contribution in [1.29, 1.82) is 0 Å². The van der Waals surface area contributed by atoms with E-state index in [9.17, 15) is 13.2 Å². The van der Waals surface area contributed by atoms with Crippen LogP contribution in [0.3, 0.4) is 0 Å². The molecule has 20 heavy (non-hydrogen) atoms. The van der Waals surface area contributed by atoms with Gasteiger partial charge >= 0.3 is 0 Å². The van der Waals surface area contributed by atoms with Crippen molar-refractivity contribution < 1.29 is 17.9 Å². The minimum absolute atomic E-state index is 0.146. The van der Waals surface area contributed by atoms with Gasteiger partial charge in [-0.1, -0.05) is 6.07 Å². The Morgan fingerprint density at radius 2 is 2.15 bits per heavy atom. The van der Waals surface area contributed by atoms with Gasteiger partial charge in [-0.3, -0.25) is 4.79 Å². The lowest BCUT2D eigenvalue weighted by Crippen LogP contribution is -2.27. The first-order valence-electron chi connectivity index (χ1n) is 6.36. The number of hydrogen-bond acceptors (Lipinski definition) is 4. The molecule has 110 valence electrons. The molecule has 6 nitrogen and oxygen atoms in total. The summed E-state index contributed by atoms with van der Waals surface area (Å²) in [5, 5.41) is 2.69. The van der Waals surface area contributed by atoms with Gasteiger partial charge in [0, 0.05) is 26.4 Å². The first kappa shape index (κ1) is 15.0. The molecular weight excluding hydrogens is 280 g/mol. The molecule has 1 fully saturated rings. The number of nitrogens with zero attached hydrogens (tertiary/aromatic N) is 1. The molecule has 2 rings (SSSR count). The number of hydrogen-bond donors (Lipinski definition) is 1. The molecule has 1 heterocycles. The third kappa shape index (κ3) is 3.17. The number of amides is 1. The summed E-state index contributed by atoms with van der Waals surface area (Å²) in [5.41, 5.74) is 0.452. The molecule has 1 saturated heterocycles. The summed E-state index contributed by atoms with van der Waals surface area (Å²) in [6, 6.07) is 6.20. The zero-order valence-corrected chi connectivity index (χ0v) is 12.3. The molecule has 0 aromatic heterocycles. The first-order chi connectivity index (χ1) is 9.41. The molecule has 0 bridgehead atoms. The fourth-order valence-electron chi connectivity index (χ4n) is 1.95. The molecule has 0 spiro atoms. The molecular formula is C13H18N2O4S. The van der Waals surface area contributed by atoms with Gasteiger partial charge < -0.3 is 10.1 Å². The predicted octanol–water partition coefficient (Wildman–Crippen LogP) is 1.05. The van der Waals surface area contributed by atoms with Crippen molar-refractivity contribution in [2.24, 2.45) is 0 Å². The van der Waals surface area contributed by atoms with Crippen LogP contribution in [0, 0.1) is 0 Å². The summed E-state index contributed by atoms with van der Waals surface area (Å²) in [7, 11) is -0.573. The fourth-order valence-corrected chi connectivity index (χ4v) is 2.90. The normalized spacial score (nSPS) is 19.2. The first-order valence-corrected chi connectivity index (χ1v) is 7.80. The zero-order chi connectivity index (χ0) is 14.8. The molecule has 1 aromatic carbocycles. The molecule has 1 N–H and O–H groups in total. The average molecular weight is 298 g/mol.